The molecule has 0 aromatic heterocycles. The fraction of sp³-hybridized carbons (Fsp3) is 0.263. The monoisotopic (exact) mass is 400 g/mol. The molecule has 2 aromatic rings. The molecule has 0 spiro atoms. The third-order valence-electron chi connectivity index (χ3n) is 4.05. The molecular formula is C19H20N4O4S. The van der Waals surface area contributed by atoms with Crippen molar-refractivity contribution in [1.29, 1.82) is 0 Å². The Morgan fingerprint density at radius 2 is 1.61 bits per heavy atom. The van der Waals surface area contributed by atoms with E-state index < -0.39 is 4.92 Å². The van der Waals surface area contributed by atoms with E-state index in [-0.39, 0.29) is 28.9 Å². The highest BCUT2D eigenvalue weighted by Crippen LogP contribution is 2.26. The molecule has 3 rings (SSSR count). The number of nitrogens with zero attached hydrogens (tertiary/aromatic N) is 1. The Kier molecular flexibility index (Phi) is 6.15. The SMILES string of the molecule is CC(Sc1ccc([N+](=O)[O-])cc1)C(=O)Nc1ccc(NC(=O)NC2CC2)cc1. The standard InChI is InChI=1S/C19H20N4O4S/c1-12(28-17-10-8-16(9-11-17)23(26)27)18(24)20-13-2-4-14(5-3-13)21-19(25)22-15-6-7-15/h2-5,8-12,15H,6-7H2,1H3,(H,20,24)(H2,21,22,25). The molecule has 3 amide bonds. The number of thioether (sulfide) groups is 1. The molecule has 9 heteroatoms. The zero-order valence-corrected chi connectivity index (χ0v) is 16.0. The number of hydrogen-bond donors (Lipinski definition) is 3. The number of non-ortho nitro benzene ring substituents is 1. The number of rotatable bonds is 7. The third-order valence-corrected chi connectivity index (χ3v) is 5.16. The van der Waals surface area contributed by atoms with Crippen molar-refractivity contribution in [3.05, 3.63) is 58.6 Å². The Bertz CT molecular complexity index is 867. The highest BCUT2D eigenvalue weighted by molar-refractivity contribution is 8.00. The van der Waals surface area contributed by atoms with Crippen LogP contribution in [-0.2, 0) is 4.79 Å². The van der Waals surface area contributed by atoms with E-state index in [0.717, 1.165) is 17.7 Å². The molecule has 2 aromatic carbocycles. The lowest BCUT2D eigenvalue weighted by Crippen LogP contribution is -2.30. The maximum Gasteiger partial charge on any atom is 0.319 e. The number of hydrogen-bond acceptors (Lipinski definition) is 5. The molecule has 0 radical (unpaired) electrons. The van der Waals surface area contributed by atoms with E-state index in [0.29, 0.717) is 11.4 Å². The van der Waals surface area contributed by atoms with Crippen LogP contribution in [-0.4, -0.2) is 28.2 Å². The van der Waals surface area contributed by atoms with Gasteiger partial charge in [-0.15, -0.1) is 11.8 Å². The molecular weight excluding hydrogens is 380 g/mol. The largest absolute Gasteiger partial charge is 0.335 e. The Labute approximate surface area is 166 Å². The van der Waals surface area contributed by atoms with Crippen molar-refractivity contribution in [2.45, 2.75) is 36.0 Å². The summed E-state index contributed by atoms with van der Waals surface area (Å²) in [5.41, 5.74) is 1.28. The number of carbonyl (C=O) groups is 2. The molecule has 1 aliphatic carbocycles. The molecule has 28 heavy (non-hydrogen) atoms. The van der Waals surface area contributed by atoms with E-state index in [2.05, 4.69) is 16.0 Å². The van der Waals surface area contributed by atoms with E-state index >= 15 is 0 Å². The zero-order valence-electron chi connectivity index (χ0n) is 15.2. The number of carbonyl (C=O) groups excluding carboxylic acids is 2. The van der Waals surface area contributed by atoms with E-state index in [4.69, 9.17) is 0 Å². The lowest BCUT2D eigenvalue weighted by Gasteiger charge is -2.13. The first kappa shape index (κ1) is 19.7. The molecule has 1 fully saturated rings. The summed E-state index contributed by atoms with van der Waals surface area (Å²) in [6.07, 6.45) is 2.04. The van der Waals surface area contributed by atoms with Crippen LogP contribution < -0.4 is 16.0 Å². The van der Waals surface area contributed by atoms with Gasteiger partial charge in [-0.2, -0.15) is 0 Å². The van der Waals surface area contributed by atoms with Crippen LogP contribution in [0.1, 0.15) is 19.8 Å². The van der Waals surface area contributed by atoms with Crippen molar-refractivity contribution in [2.75, 3.05) is 10.6 Å². The molecule has 0 aliphatic heterocycles. The zero-order chi connectivity index (χ0) is 20.1. The molecule has 8 nitrogen and oxygen atoms in total. The van der Waals surface area contributed by atoms with Crippen molar-refractivity contribution < 1.29 is 14.5 Å². The van der Waals surface area contributed by atoms with Gasteiger partial charge in [0.25, 0.3) is 5.69 Å². The first-order valence-electron chi connectivity index (χ1n) is 8.80. The Balaban J connectivity index is 1.50. The van der Waals surface area contributed by atoms with Crippen molar-refractivity contribution in [3.63, 3.8) is 0 Å². The average Bonchev–Trinajstić information content (AvgIpc) is 3.47. The van der Waals surface area contributed by atoms with Crippen molar-refractivity contribution >= 4 is 40.8 Å². The van der Waals surface area contributed by atoms with E-state index in [1.807, 2.05) is 0 Å². The van der Waals surface area contributed by atoms with Gasteiger partial charge in [-0.1, -0.05) is 0 Å². The second-order valence-corrected chi connectivity index (χ2v) is 7.86. The van der Waals surface area contributed by atoms with Gasteiger partial charge in [-0.05, 0) is 56.2 Å². The second-order valence-electron chi connectivity index (χ2n) is 6.45. The van der Waals surface area contributed by atoms with Crippen LogP contribution >= 0.6 is 11.8 Å². The minimum absolute atomic E-state index is 0.0148. The Hall–Kier alpha value is -3.07. The number of anilines is 2. The lowest BCUT2D eigenvalue weighted by atomic mass is 10.2. The van der Waals surface area contributed by atoms with Crippen LogP contribution in [0.2, 0.25) is 0 Å². The molecule has 146 valence electrons. The number of nitrogens with one attached hydrogen (secondary N) is 3. The van der Waals surface area contributed by atoms with Crippen molar-refractivity contribution in [1.82, 2.24) is 5.32 Å². The van der Waals surface area contributed by atoms with E-state index in [9.17, 15) is 19.7 Å². The summed E-state index contributed by atoms with van der Waals surface area (Å²) in [5, 5.41) is 18.7. The molecule has 1 atom stereocenters. The fourth-order valence-corrected chi connectivity index (χ4v) is 3.23. The molecule has 1 aliphatic rings. The predicted octanol–water partition coefficient (Wildman–Crippen LogP) is 4.00. The van der Waals surface area contributed by atoms with Gasteiger partial charge in [0.2, 0.25) is 5.91 Å². The summed E-state index contributed by atoms with van der Waals surface area (Å²) in [6, 6.07) is 13.0. The van der Waals surface area contributed by atoms with Crippen LogP contribution in [0.4, 0.5) is 21.9 Å². The molecule has 1 unspecified atom stereocenters. The van der Waals surface area contributed by atoms with Gasteiger partial charge in [0.05, 0.1) is 10.2 Å². The third kappa shape index (κ3) is 5.71. The van der Waals surface area contributed by atoms with Crippen molar-refractivity contribution in [2.24, 2.45) is 0 Å². The second kappa shape index (κ2) is 8.75. The fourth-order valence-electron chi connectivity index (χ4n) is 2.37. The molecule has 0 saturated heterocycles. The molecule has 0 heterocycles. The number of nitro benzene ring substituents is 1. The Morgan fingerprint density at radius 1 is 1.04 bits per heavy atom. The van der Waals surface area contributed by atoms with Crippen LogP contribution in [0.3, 0.4) is 0 Å². The van der Waals surface area contributed by atoms with E-state index in [1.165, 1.54) is 23.9 Å². The first-order valence-corrected chi connectivity index (χ1v) is 9.68. The summed E-state index contributed by atoms with van der Waals surface area (Å²) in [5.74, 6) is -0.185. The molecule has 1 saturated carbocycles. The maximum absolute atomic E-state index is 12.4. The first-order chi connectivity index (χ1) is 13.4. The highest BCUT2D eigenvalue weighted by atomic mass is 32.2. The number of urea groups is 1. The smallest absolute Gasteiger partial charge is 0.319 e. The maximum atomic E-state index is 12.4. The van der Waals surface area contributed by atoms with Gasteiger partial charge in [0.15, 0.2) is 0 Å². The van der Waals surface area contributed by atoms with Gasteiger partial charge >= 0.3 is 6.03 Å². The number of benzene rings is 2. The van der Waals surface area contributed by atoms with Crippen LogP contribution in [0.5, 0.6) is 0 Å². The van der Waals surface area contributed by atoms with Crippen LogP contribution in [0, 0.1) is 10.1 Å². The lowest BCUT2D eigenvalue weighted by molar-refractivity contribution is -0.384. The van der Waals surface area contributed by atoms with Gasteiger partial charge in [-0.3, -0.25) is 14.9 Å². The number of amides is 3. The highest BCUT2D eigenvalue weighted by Gasteiger charge is 2.23. The minimum Gasteiger partial charge on any atom is -0.335 e. The summed E-state index contributed by atoms with van der Waals surface area (Å²) < 4.78 is 0. The number of nitro groups is 1. The van der Waals surface area contributed by atoms with Crippen LogP contribution in [0.25, 0.3) is 0 Å². The predicted molar refractivity (Wildman–Crippen MR) is 109 cm³/mol. The van der Waals surface area contributed by atoms with Gasteiger partial charge in [0.1, 0.15) is 0 Å². The average molecular weight is 400 g/mol. The quantitative estimate of drug-likeness (QED) is 0.369. The summed E-state index contributed by atoms with van der Waals surface area (Å²) in [7, 11) is 0. The normalized spacial score (nSPS) is 14.0. The summed E-state index contributed by atoms with van der Waals surface area (Å²) >= 11 is 1.31. The Morgan fingerprint density at radius 3 is 2.14 bits per heavy atom. The van der Waals surface area contributed by atoms with Gasteiger partial charge in [-0.25, -0.2) is 4.79 Å². The molecule has 3 N–H and O–H groups in total. The van der Waals surface area contributed by atoms with E-state index in [1.54, 1.807) is 43.3 Å². The van der Waals surface area contributed by atoms with Crippen molar-refractivity contribution in [3.8, 4) is 0 Å². The molecule has 0 bridgehead atoms. The summed E-state index contributed by atoms with van der Waals surface area (Å²) in [4.78, 5) is 35.1. The van der Waals surface area contributed by atoms with Crippen LogP contribution in [0.15, 0.2) is 53.4 Å². The van der Waals surface area contributed by atoms with Gasteiger partial charge < -0.3 is 16.0 Å². The van der Waals surface area contributed by atoms with Gasteiger partial charge in [0, 0.05) is 34.4 Å². The summed E-state index contributed by atoms with van der Waals surface area (Å²) in [6.45, 7) is 1.76. The topological polar surface area (TPSA) is 113 Å². The minimum atomic E-state index is -0.460.